The molecule has 0 aliphatic carbocycles. The van der Waals surface area contributed by atoms with Crippen molar-refractivity contribution < 1.29 is 19.2 Å². The lowest BCUT2D eigenvalue weighted by Gasteiger charge is -2.23. The number of hydrazine groups is 1. The molecule has 0 aliphatic heterocycles. The fourth-order valence-corrected chi connectivity index (χ4v) is 1.59. The van der Waals surface area contributed by atoms with Gasteiger partial charge in [0, 0.05) is 12.3 Å². The van der Waals surface area contributed by atoms with Crippen LogP contribution in [0.15, 0.2) is 0 Å². The van der Waals surface area contributed by atoms with Crippen LogP contribution in [0.4, 0.5) is 0 Å². The van der Waals surface area contributed by atoms with Crippen LogP contribution < -0.4 is 16.2 Å². The van der Waals surface area contributed by atoms with Gasteiger partial charge in [-0.1, -0.05) is 13.8 Å². The molecule has 0 heterocycles. The molecule has 0 aromatic heterocycles. The molecule has 0 saturated carbocycles. The zero-order valence-electron chi connectivity index (χ0n) is 11.3. The number of rotatable bonds is 11. The Morgan fingerprint density at radius 3 is 2.53 bits per heavy atom. The maximum atomic E-state index is 11.9. The third-order valence-electron chi connectivity index (χ3n) is 2.45. The van der Waals surface area contributed by atoms with Crippen molar-refractivity contribution in [1.29, 1.82) is 0 Å². The summed E-state index contributed by atoms with van der Waals surface area (Å²) in [6, 6.07) is -1.24. The van der Waals surface area contributed by atoms with Gasteiger partial charge in [-0.05, 0) is 24.4 Å². The lowest BCUT2D eigenvalue weighted by molar-refractivity contribution is -0.125. The number of aldehydes is 1. The number of aliphatic hydroxyl groups is 1. The van der Waals surface area contributed by atoms with Crippen molar-refractivity contribution in [3.63, 3.8) is 0 Å². The van der Waals surface area contributed by atoms with Crippen molar-refractivity contribution in [3.05, 3.63) is 0 Å². The first-order valence-corrected chi connectivity index (χ1v) is 7.12. The molecular formula is C11H23N3O4S. The van der Waals surface area contributed by atoms with Crippen molar-refractivity contribution >= 4 is 24.2 Å². The van der Waals surface area contributed by atoms with Crippen molar-refractivity contribution in [2.24, 2.45) is 5.92 Å². The summed E-state index contributed by atoms with van der Waals surface area (Å²) in [6.45, 7) is 3.89. The highest BCUT2D eigenvalue weighted by molar-refractivity contribution is 7.93. The predicted molar refractivity (Wildman–Crippen MR) is 74.5 cm³/mol. The van der Waals surface area contributed by atoms with Gasteiger partial charge in [0.15, 0.2) is 0 Å². The fourth-order valence-electron chi connectivity index (χ4n) is 1.31. The van der Waals surface area contributed by atoms with Crippen molar-refractivity contribution in [1.82, 2.24) is 16.2 Å². The summed E-state index contributed by atoms with van der Waals surface area (Å²) in [5.74, 6) is 0.398. The van der Waals surface area contributed by atoms with E-state index in [4.69, 9.17) is 9.66 Å². The second-order valence-corrected chi connectivity index (χ2v) is 5.08. The molecule has 0 radical (unpaired) electrons. The van der Waals surface area contributed by atoms with Crippen LogP contribution >= 0.6 is 12.0 Å². The standard InChI is InChI=1S/C11H23N3O4S/c1-8(2)10(14-13-9(6-15)7-16)11(17)12-4-3-5-19-18/h6,8-10,13-14,16,18H,3-5,7H2,1-2H3,(H,12,17)/t9-,10+/m1/s1. The Labute approximate surface area is 117 Å². The fraction of sp³-hybridized carbons (Fsp3) is 0.818. The molecule has 0 aromatic rings. The molecule has 2 atom stereocenters. The summed E-state index contributed by atoms with van der Waals surface area (Å²) in [4.78, 5) is 22.4. The highest BCUT2D eigenvalue weighted by atomic mass is 32.2. The van der Waals surface area contributed by atoms with Crippen LogP contribution in [-0.4, -0.2) is 52.8 Å². The Bertz CT molecular complexity index is 266. The normalized spacial score (nSPS) is 14.2. The van der Waals surface area contributed by atoms with Crippen LogP contribution in [0.25, 0.3) is 0 Å². The molecule has 0 bridgehead atoms. The Kier molecular flexibility index (Phi) is 10.8. The van der Waals surface area contributed by atoms with E-state index in [-0.39, 0.29) is 18.4 Å². The van der Waals surface area contributed by atoms with Gasteiger partial charge in [-0.25, -0.2) is 10.9 Å². The van der Waals surface area contributed by atoms with E-state index in [1.165, 1.54) is 0 Å². The number of hydrogen-bond donors (Lipinski definition) is 5. The minimum absolute atomic E-state index is 0.0192. The third-order valence-corrected chi connectivity index (χ3v) is 2.92. The van der Waals surface area contributed by atoms with Crippen LogP contribution in [0.2, 0.25) is 0 Å². The summed E-state index contributed by atoms with van der Waals surface area (Å²) in [5.41, 5.74) is 5.36. The molecule has 1 amide bonds. The minimum Gasteiger partial charge on any atom is -0.394 e. The minimum atomic E-state index is -0.736. The van der Waals surface area contributed by atoms with Crippen LogP contribution in [0, 0.1) is 5.92 Å². The quantitative estimate of drug-likeness (QED) is 0.149. The van der Waals surface area contributed by atoms with E-state index in [2.05, 4.69) is 16.2 Å². The molecule has 0 aliphatic rings. The summed E-state index contributed by atoms with van der Waals surface area (Å²) in [5, 5.41) is 11.6. The predicted octanol–water partition coefficient (Wildman–Crippen LogP) is -0.622. The lowest BCUT2D eigenvalue weighted by atomic mass is 10.0. The molecule has 8 heteroatoms. The van der Waals surface area contributed by atoms with E-state index in [1.807, 2.05) is 13.8 Å². The zero-order chi connectivity index (χ0) is 14.7. The smallest absolute Gasteiger partial charge is 0.238 e. The Hall–Kier alpha value is -0.670. The average Bonchev–Trinajstić information content (AvgIpc) is 2.39. The van der Waals surface area contributed by atoms with Gasteiger partial charge in [0.25, 0.3) is 0 Å². The first kappa shape index (κ1) is 18.3. The van der Waals surface area contributed by atoms with Gasteiger partial charge in [0.05, 0.1) is 12.6 Å². The second kappa shape index (κ2) is 11.2. The number of hydrogen-bond acceptors (Lipinski definition) is 7. The summed E-state index contributed by atoms with van der Waals surface area (Å²) >= 11 is 0.742. The van der Waals surface area contributed by atoms with Gasteiger partial charge in [0.1, 0.15) is 12.3 Å². The Morgan fingerprint density at radius 1 is 1.37 bits per heavy atom. The van der Waals surface area contributed by atoms with Crippen molar-refractivity contribution in [2.45, 2.75) is 32.4 Å². The molecule has 0 fully saturated rings. The molecule has 0 saturated heterocycles. The number of aliphatic hydroxyl groups excluding tert-OH is 1. The van der Waals surface area contributed by atoms with E-state index in [0.29, 0.717) is 25.0 Å². The maximum Gasteiger partial charge on any atom is 0.238 e. The van der Waals surface area contributed by atoms with Crippen LogP contribution in [-0.2, 0) is 9.59 Å². The van der Waals surface area contributed by atoms with Gasteiger partial charge in [-0.2, -0.15) is 0 Å². The van der Waals surface area contributed by atoms with Gasteiger partial charge in [-0.15, -0.1) is 0 Å². The van der Waals surface area contributed by atoms with Crippen LogP contribution in [0.3, 0.4) is 0 Å². The Balaban J connectivity index is 4.15. The van der Waals surface area contributed by atoms with E-state index in [1.54, 1.807) is 0 Å². The topological polar surface area (TPSA) is 111 Å². The van der Waals surface area contributed by atoms with Crippen molar-refractivity contribution in [3.8, 4) is 0 Å². The highest BCUT2D eigenvalue weighted by Gasteiger charge is 2.22. The molecule has 0 unspecified atom stereocenters. The SMILES string of the molecule is CC(C)[C@H](NN[C@H](C=O)CO)C(=O)NCCCSO. The molecular weight excluding hydrogens is 270 g/mol. The zero-order valence-corrected chi connectivity index (χ0v) is 12.1. The number of amides is 1. The van der Waals surface area contributed by atoms with Gasteiger partial charge in [0.2, 0.25) is 5.91 Å². The second-order valence-electron chi connectivity index (χ2n) is 4.41. The summed E-state index contributed by atoms with van der Waals surface area (Å²) in [7, 11) is 0. The molecule has 0 rings (SSSR count). The van der Waals surface area contributed by atoms with Gasteiger partial charge in [-0.3, -0.25) is 4.79 Å². The largest absolute Gasteiger partial charge is 0.394 e. The van der Waals surface area contributed by atoms with E-state index in [0.717, 1.165) is 12.0 Å². The van der Waals surface area contributed by atoms with Crippen LogP contribution in [0.5, 0.6) is 0 Å². The molecule has 112 valence electrons. The maximum absolute atomic E-state index is 11.9. The number of nitrogens with one attached hydrogen (secondary N) is 3. The molecule has 7 nitrogen and oxygen atoms in total. The molecule has 0 aromatic carbocycles. The average molecular weight is 293 g/mol. The van der Waals surface area contributed by atoms with Crippen LogP contribution in [0.1, 0.15) is 20.3 Å². The highest BCUT2D eigenvalue weighted by Crippen LogP contribution is 2.01. The summed E-state index contributed by atoms with van der Waals surface area (Å²) < 4.78 is 8.55. The lowest BCUT2D eigenvalue weighted by Crippen LogP contribution is -2.56. The summed E-state index contributed by atoms with van der Waals surface area (Å²) in [6.07, 6.45) is 1.25. The first-order chi connectivity index (χ1) is 9.06. The molecule has 0 spiro atoms. The van der Waals surface area contributed by atoms with Gasteiger partial charge < -0.3 is 19.8 Å². The van der Waals surface area contributed by atoms with E-state index in [9.17, 15) is 9.59 Å². The van der Waals surface area contributed by atoms with E-state index >= 15 is 0 Å². The molecule has 5 N–H and O–H groups in total. The third kappa shape index (κ3) is 8.17. The number of carbonyl (C=O) groups excluding carboxylic acids is 2. The first-order valence-electron chi connectivity index (χ1n) is 6.18. The van der Waals surface area contributed by atoms with Gasteiger partial charge >= 0.3 is 0 Å². The Morgan fingerprint density at radius 2 is 2.05 bits per heavy atom. The van der Waals surface area contributed by atoms with E-state index < -0.39 is 12.1 Å². The monoisotopic (exact) mass is 293 g/mol. The number of carbonyl (C=O) groups is 2. The molecule has 19 heavy (non-hydrogen) atoms. The van der Waals surface area contributed by atoms with Crippen molar-refractivity contribution in [2.75, 3.05) is 18.9 Å².